The van der Waals surface area contributed by atoms with Crippen molar-refractivity contribution < 1.29 is 0 Å². The van der Waals surface area contributed by atoms with Crippen LogP contribution < -0.4 is 4.90 Å². The summed E-state index contributed by atoms with van der Waals surface area (Å²) in [6.45, 7) is 4.37. The van der Waals surface area contributed by atoms with Crippen LogP contribution in [0.4, 0.5) is 5.82 Å². The Balaban J connectivity index is 3.11. The smallest absolute Gasteiger partial charge is 0.134 e. The molecule has 0 aliphatic rings. The highest BCUT2D eigenvalue weighted by Gasteiger charge is 2.09. The predicted molar refractivity (Wildman–Crippen MR) is 63.7 cm³/mol. The van der Waals surface area contributed by atoms with Crippen molar-refractivity contribution in [1.82, 2.24) is 9.97 Å². The zero-order valence-corrected chi connectivity index (χ0v) is 10.3. The molecule has 3 nitrogen and oxygen atoms in total. The van der Waals surface area contributed by atoms with Crippen LogP contribution in [-0.2, 0) is 12.6 Å². The van der Waals surface area contributed by atoms with Crippen LogP contribution in [0.15, 0.2) is 6.33 Å². The van der Waals surface area contributed by atoms with E-state index in [1.54, 1.807) is 6.33 Å². The second-order valence-corrected chi connectivity index (χ2v) is 4.46. The van der Waals surface area contributed by atoms with Crippen molar-refractivity contribution >= 4 is 14.4 Å². The van der Waals surface area contributed by atoms with E-state index in [1.165, 1.54) is 11.3 Å². The summed E-state index contributed by atoms with van der Waals surface area (Å²) in [7, 11) is 4.97. The third-order valence-electron chi connectivity index (χ3n) is 2.13. The molecule has 1 unspecified atom stereocenters. The van der Waals surface area contributed by atoms with E-state index in [9.17, 15) is 0 Å². The van der Waals surface area contributed by atoms with Gasteiger partial charge in [0.1, 0.15) is 12.1 Å². The fourth-order valence-corrected chi connectivity index (χ4v) is 2.15. The van der Waals surface area contributed by atoms with Gasteiger partial charge in [0, 0.05) is 25.8 Å². The molecule has 0 N–H and O–H groups in total. The van der Waals surface area contributed by atoms with Crippen molar-refractivity contribution in [2.75, 3.05) is 25.7 Å². The van der Waals surface area contributed by atoms with Crippen LogP contribution >= 0.6 is 8.58 Å². The van der Waals surface area contributed by atoms with E-state index in [0.29, 0.717) is 0 Å². The summed E-state index contributed by atoms with van der Waals surface area (Å²) in [4.78, 5) is 10.7. The number of hydrogen-bond acceptors (Lipinski definition) is 3. The maximum absolute atomic E-state index is 4.35. The van der Waals surface area contributed by atoms with E-state index < -0.39 is 0 Å². The lowest BCUT2D eigenvalue weighted by Crippen LogP contribution is -2.15. The minimum Gasteiger partial charge on any atom is -0.362 e. The maximum atomic E-state index is 4.35. The van der Waals surface area contributed by atoms with Crippen LogP contribution in [0.2, 0.25) is 0 Å². The van der Waals surface area contributed by atoms with Gasteiger partial charge in [0.15, 0.2) is 0 Å². The Morgan fingerprint density at radius 3 is 2.57 bits per heavy atom. The van der Waals surface area contributed by atoms with E-state index in [4.69, 9.17) is 0 Å². The Kier molecular flexibility index (Phi) is 4.27. The van der Waals surface area contributed by atoms with Crippen LogP contribution in [0.3, 0.4) is 0 Å². The standard InChI is InChI=1S/C10H18N3P/c1-5-8-9(6-14-4)11-7-12-10(8)13(2)3/h7,14H,5-6H2,1-4H3. The lowest BCUT2D eigenvalue weighted by Gasteiger charge is -2.17. The number of rotatable bonds is 4. The molecular weight excluding hydrogens is 193 g/mol. The van der Waals surface area contributed by atoms with Gasteiger partial charge >= 0.3 is 0 Å². The molecule has 1 heterocycles. The van der Waals surface area contributed by atoms with Gasteiger partial charge < -0.3 is 4.90 Å². The summed E-state index contributed by atoms with van der Waals surface area (Å²) >= 11 is 0. The van der Waals surface area contributed by atoms with Gasteiger partial charge in [-0.1, -0.05) is 6.92 Å². The van der Waals surface area contributed by atoms with Crippen molar-refractivity contribution in [1.29, 1.82) is 0 Å². The van der Waals surface area contributed by atoms with Gasteiger partial charge in [-0.3, -0.25) is 0 Å². The number of anilines is 1. The second kappa shape index (κ2) is 5.26. The highest BCUT2D eigenvalue weighted by molar-refractivity contribution is 7.36. The third-order valence-corrected chi connectivity index (χ3v) is 2.82. The summed E-state index contributed by atoms with van der Waals surface area (Å²) in [6.07, 6.45) is 3.75. The predicted octanol–water partition coefficient (Wildman–Crippen LogP) is 1.91. The van der Waals surface area contributed by atoms with Crippen LogP contribution in [0.25, 0.3) is 0 Å². The molecular formula is C10H18N3P. The molecule has 78 valence electrons. The van der Waals surface area contributed by atoms with Gasteiger partial charge in [-0.05, 0) is 13.1 Å². The molecule has 1 aromatic heterocycles. The molecule has 0 spiro atoms. The van der Waals surface area contributed by atoms with Crippen molar-refractivity contribution in [3.8, 4) is 0 Å². The Morgan fingerprint density at radius 2 is 2.07 bits per heavy atom. The molecule has 1 rings (SSSR count). The number of aromatic nitrogens is 2. The minimum atomic E-state index is 0.916. The van der Waals surface area contributed by atoms with Gasteiger partial charge in [0.25, 0.3) is 0 Å². The average molecular weight is 211 g/mol. The Hall–Kier alpha value is -0.690. The van der Waals surface area contributed by atoms with Crippen molar-refractivity contribution in [2.24, 2.45) is 0 Å². The third kappa shape index (κ3) is 2.42. The molecule has 0 aliphatic heterocycles. The molecule has 1 aromatic rings. The van der Waals surface area contributed by atoms with Crippen molar-refractivity contribution in [3.05, 3.63) is 17.6 Å². The molecule has 14 heavy (non-hydrogen) atoms. The van der Waals surface area contributed by atoms with E-state index in [0.717, 1.165) is 27.0 Å². The number of nitrogens with zero attached hydrogens (tertiary/aromatic N) is 3. The quantitative estimate of drug-likeness (QED) is 0.712. The van der Waals surface area contributed by atoms with Gasteiger partial charge in [0.2, 0.25) is 0 Å². The molecule has 4 heteroatoms. The second-order valence-electron chi connectivity index (χ2n) is 3.40. The molecule has 0 amide bonds. The molecule has 0 fully saturated rings. The normalized spacial score (nSPS) is 11.1. The SMILES string of the molecule is CCc1c(CPC)ncnc1N(C)C. The van der Waals surface area contributed by atoms with Crippen LogP contribution in [0, 0.1) is 0 Å². The molecule has 0 saturated heterocycles. The Labute approximate surface area is 87.7 Å². The van der Waals surface area contributed by atoms with E-state index in [2.05, 4.69) is 28.5 Å². The highest BCUT2D eigenvalue weighted by Crippen LogP contribution is 2.22. The van der Waals surface area contributed by atoms with Gasteiger partial charge in [-0.25, -0.2) is 9.97 Å². The highest BCUT2D eigenvalue weighted by atomic mass is 31.1. The first-order chi connectivity index (χ1) is 6.70. The first kappa shape index (κ1) is 11.4. The first-order valence-corrected chi connectivity index (χ1v) is 6.56. The molecule has 0 aliphatic carbocycles. The topological polar surface area (TPSA) is 29.0 Å². The zero-order chi connectivity index (χ0) is 10.6. The lowest BCUT2D eigenvalue weighted by atomic mass is 10.1. The lowest BCUT2D eigenvalue weighted by molar-refractivity contribution is 0.939. The summed E-state index contributed by atoms with van der Waals surface area (Å²) in [5.41, 5.74) is 2.51. The molecule has 0 radical (unpaired) electrons. The van der Waals surface area contributed by atoms with Gasteiger partial charge in [0.05, 0.1) is 5.69 Å². The zero-order valence-electron chi connectivity index (χ0n) is 9.33. The molecule has 0 bridgehead atoms. The van der Waals surface area contributed by atoms with Crippen molar-refractivity contribution in [3.63, 3.8) is 0 Å². The molecule has 0 aromatic carbocycles. The maximum Gasteiger partial charge on any atom is 0.134 e. The monoisotopic (exact) mass is 211 g/mol. The summed E-state index contributed by atoms with van der Waals surface area (Å²) in [5.74, 6) is 1.07. The van der Waals surface area contributed by atoms with E-state index >= 15 is 0 Å². The Morgan fingerprint density at radius 1 is 1.36 bits per heavy atom. The summed E-state index contributed by atoms with van der Waals surface area (Å²) in [6, 6.07) is 0. The van der Waals surface area contributed by atoms with Crippen LogP contribution in [-0.4, -0.2) is 30.7 Å². The van der Waals surface area contributed by atoms with Gasteiger partial charge in [-0.2, -0.15) is 0 Å². The summed E-state index contributed by atoms with van der Waals surface area (Å²) in [5, 5.41) is 0. The average Bonchev–Trinajstić information content (AvgIpc) is 2.18. The van der Waals surface area contributed by atoms with E-state index in [1.807, 2.05) is 14.1 Å². The van der Waals surface area contributed by atoms with Crippen molar-refractivity contribution in [2.45, 2.75) is 19.5 Å². The first-order valence-electron chi connectivity index (χ1n) is 4.85. The van der Waals surface area contributed by atoms with Crippen LogP contribution in [0.5, 0.6) is 0 Å². The Bertz CT molecular complexity index is 299. The number of hydrogen-bond donors (Lipinski definition) is 0. The fourth-order valence-electron chi connectivity index (χ4n) is 1.51. The fraction of sp³-hybridized carbons (Fsp3) is 0.600. The van der Waals surface area contributed by atoms with E-state index in [-0.39, 0.29) is 0 Å². The minimum absolute atomic E-state index is 0.916. The summed E-state index contributed by atoms with van der Waals surface area (Å²) < 4.78 is 0. The molecule has 1 atom stereocenters. The largest absolute Gasteiger partial charge is 0.362 e. The molecule has 0 saturated carbocycles. The van der Waals surface area contributed by atoms with Gasteiger partial charge in [-0.15, -0.1) is 8.58 Å². The van der Waals surface area contributed by atoms with Crippen LogP contribution in [0.1, 0.15) is 18.2 Å².